The Morgan fingerprint density at radius 1 is 0.700 bits per heavy atom. The van der Waals surface area contributed by atoms with Crippen LogP contribution in [-0.4, -0.2) is 81.1 Å². The summed E-state index contributed by atoms with van der Waals surface area (Å²) < 4.78 is 0. The molecule has 0 aromatic heterocycles. The molecule has 0 nitrogen and oxygen atoms in total. The highest BCUT2D eigenvalue weighted by molar-refractivity contribution is 8.34. The van der Waals surface area contributed by atoms with Crippen LogP contribution in [0.5, 0.6) is 0 Å². The van der Waals surface area contributed by atoms with Crippen LogP contribution >= 0.6 is 6.57 Å². The molecule has 0 unspecified atom stereocenters. The molecule has 0 saturated carbocycles. The first-order valence-corrected chi connectivity index (χ1v) is 41.1. The first-order chi connectivity index (χ1) is 4.85. The second kappa shape index (κ2) is 9.47. The van der Waals surface area contributed by atoms with Crippen molar-refractivity contribution in [3.63, 3.8) is 0 Å². The second-order valence-electron chi connectivity index (χ2n) is 2.84. The summed E-state index contributed by atoms with van der Waals surface area (Å²) in [6.45, 7) is 1.15. The Bertz CT molecular complexity index is 47.5. The number of rotatable bonds is 6. The van der Waals surface area contributed by atoms with Gasteiger partial charge in [-0.25, -0.2) is 0 Å². The van der Waals surface area contributed by atoms with E-state index in [9.17, 15) is 0 Å². The minimum atomic E-state index is 0.777. The Balaban J connectivity index is 3.30. The quantitative estimate of drug-likeness (QED) is 0.338. The normalized spacial score (nSPS) is 21.6. The molecule has 0 radical (unpaired) electrons. The van der Waals surface area contributed by atoms with E-state index in [1.807, 2.05) is 0 Å². The van der Waals surface area contributed by atoms with Gasteiger partial charge in [0, 0.05) is 26.1 Å². The van der Waals surface area contributed by atoms with Crippen molar-refractivity contribution in [2.45, 2.75) is 0 Å². The van der Waals surface area contributed by atoms with Gasteiger partial charge in [0.05, 0.1) is 0 Å². The zero-order valence-corrected chi connectivity index (χ0v) is 23.1. The molecule has 0 aliphatic rings. The van der Waals surface area contributed by atoms with Crippen LogP contribution in [0.25, 0.3) is 0 Å². The first-order valence-electron chi connectivity index (χ1n) is 4.57. The van der Waals surface area contributed by atoms with Gasteiger partial charge in [-0.15, -0.1) is 0 Å². The van der Waals surface area contributed by atoms with Crippen molar-refractivity contribution in [1.82, 2.24) is 0 Å². The van der Waals surface area contributed by atoms with E-state index in [4.69, 9.17) is 0 Å². The van der Waals surface area contributed by atoms with Crippen LogP contribution < -0.4 is 0 Å². The van der Waals surface area contributed by atoms with Gasteiger partial charge in [0.25, 0.3) is 0 Å². The van der Waals surface area contributed by atoms with E-state index in [-0.39, 0.29) is 0 Å². The fraction of sp³-hybridized carbons (Fsp3) is 0. The van der Waals surface area contributed by atoms with E-state index in [0.717, 1.165) is 58.3 Å². The monoisotopic (exact) mass is 304 g/mol. The smallest absolute Gasteiger partial charge is 0.0226 e. The lowest BCUT2D eigenvalue weighted by Gasteiger charge is -2.12. The average Bonchev–Trinajstić information content (AvgIpc) is 1.90. The topological polar surface area (TPSA) is 0 Å². The zero-order chi connectivity index (χ0) is 7.82. The Labute approximate surface area is 87.1 Å². The van der Waals surface area contributed by atoms with Gasteiger partial charge in [-0.05, 0) is 54.9 Å². The van der Waals surface area contributed by atoms with Gasteiger partial charge in [-0.2, -0.15) is 6.57 Å². The van der Waals surface area contributed by atoms with Crippen molar-refractivity contribution in [1.29, 1.82) is 0 Å². The van der Waals surface area contributed by atoms with Crippen LogP contribution in [0.3, 0.4) is 0 Å². The molecule has 0 saturated heterocycles. The Hall–Kier alpha value is 2.38. The third kappa shape index (κ3) is 7.05. The summed E-state index contributed by atoms with van der Waals surface area (Å²) in [4.78, 5) is 0. The molecule has 0 aromatic rings. The zero-order valence-electron chi connectivity index (χ0n) is 7.69. The highest BCUT2D eigenvalue weighted by atomic mass is 31.8. The van der Waals surface area contributed by atoms with Crippen molar-refractivity contribution >= 4 is 87.6 Å². The van der Waals surface area contributed by atoms with Gasteiger partial charge in [-0.1, -0.05) is 0 Å². The second-order valence-corrected chi connectivity index (χ2v) is 76.7. The largest absolute Gasteiger partial charge is 0.167 e. The van der Waals surface area contributed by atoms with Gasteiger partial charge in [0.15, 0.2) is 0 Å². The third-order valence-electron chi connectivity index (χ3n) is 1.62. The molecule has 0 bridgehead atoms. The summed E-state index contributed by atoms with van der Waals surface area (Å²) in [5.41, 5.74) is 0. The Morgan fingerprint density at radius 2 is 1.00 bits per heavy atom. The van der Waals surface area contributed by atoms with Gasteiger partial charge >= 0.3 is 0 Å². The van der Waals surface area contributed by atoms with Crippen LogP contribution in [-0.2, 0) is 0 Å². The van der Waals surface area contributed by atoms with Gasteiger partial charge in [0.2, 0.25) is 0 Å². The summed E-state index contributed by atoms with van der Waals surface area (Å²) in [6.07, 6.45) is 0. The summed E-state index contributed by atoms with van der Waals surface area (Å²) in [6, 6.07) is 0. The SMILES string of the molecule is [SiH3][SiH2][SiH2]P([SiH2][SiH2][SiH3])[SiH2][SiH2][SiH3]. The fourth-order valence-electron chi connectivity index (χ4n) is 1.28. The van der Waals surface area contributed by atoms with Gasteiger partial charge < -0.3 is 0 Å². The molecule has 0 rings (SSSR count). The van der Waals surface area contributed by atoms with Crippen LogP contribution in [0.1, 0.15) is 0 Å². The van der Waals surface area contributed by atoms with E-state index < -0.39 is 0 Å². The van der Waals surface area contributed by atoms with Gasteiger partial charge in [-0.3, -0.25) is 0 Å². The molecule has 0 fully saturated rings. The van der Waals surface area contributed by atoms with E-state index in [1.54, 1.807) is 29.3 Å². The predicted molar refractivity (Wildman–Crippen MR) is 88.0 cm³/mol. The summed E-state index contributed by atoms with van der Waals surface area (Å²) in [5.74, 6) is 0. The lowest BCUT2D eigenvalue weighted by atomic mass is 26.4. The van der Waals surface area contributed by atoms with E-state index in [1.165, 1.54) is 0 Å². The molecule has 0 atom stereocenters. The van der Waals surface area contributed by atoms with E-state index >= 15 is 0 Å². The summed E-state index contributed by atoms with van der Waals surface area (Å²) in [7, 11) is 9.93. The van der Waals surface area contributed by atoms with Crippen molar-refractivity contribution < 1.29 is 0 Å². The van der Waals surface area contributed by atoms with E-state index in [0.29, 0.717) is 0 Å². The van der Waals surface area contributed by atoms with E-state index in [2.05, 4.69) is 0 Å². The maximum absolute atomic E-state index is 1.72. The fourth-order valence-corrected chi connectivity index (χ4v) is 312. The minimum absolute atomic E-state index is 0.777. The number of hydrogen-bond acceptors (Lipinski definition) is 0. The van der Waals surface area contributed by atoms with Crippen LogP contribution in [0.2, 0.25) is 0 Å². The molecule has 10 heteroatoms. The lowest BCUT2D eigenvalue weighted by Crippen LogP contribution is -2.17. The highest BCUT2D eigenvalue weighted by Gasteiger charge is 2.04. The maximum atomic E-state index is 1.72. The number of hydrogen-bond donors (Lipinski definition) is 0. The summed E-state index contributed by atoms with van der Waals surface area (Å²) in [5, 5.41) is 0. The molecule has 0 amide bonds. The molecule has 0 aliphatic carbocycles. The predicted octanol–water partition coefficient (Wildman–Crippen LogP) is -8.19. The van der Waals surface area contributed by atoms with Crippen LogP contribution in [0.4, 0.5) is 0 Å². The summed E-state index contributed by atoms with van der Waals surface area (Å²) >= 11 is 0. The standard InChI is InChI=1S/H21PSi9/c2-8-5-1(6-9-3)7-10-4/h5-10H2,2-4H3. The van der Waals surface area contributed by atoms with Crippen molar-refractivity contribution in [3.05, 3.63) is 0 Å². The molecule has 0 spiro atoms. The first kappa shape index (κ1) is 12.4. The van der Waals surface area contributed by atoms with Crippen LogP contribution in [0.15, 0.2) is 0 Å². The maximum Gasteiger partial charge on any atom is 0.0226 e. The molecule has 0 aromatic carbocycles. The average molecular weight is 305 g/mol. The highest BCUT2D eigenvalue weighted by Crippen LogP contribution is 2.24. The van der Waals surface area contributed by atoms with Gasteiger partial charge in [0.1, 0.15) is 0 Å². The molecular weight excluding hydrogens is 284 g/mol. The van der Waals surface area contributed by atoms with Crippen molar-refractivity contribution in [2.24, 2.45) is 0 Å². The van der Waals surface area contributed by atoms with Crippen molar-refractivity contribution in [2.75, 3.05) is 0 Å². The minimum Gasteiger partial charge on any atom is -0.167 e. The van der Waals surface area contributed by atoms with Crippen LogP contribution in [0, 0.1) is 0 Å². The lowest BCUT2D eigenvalue weighted by molar-refractivity contribution is 3.95. The molecule has 62 valence electrons. The Morgan fingerprint density at radius 3 is 1.20 bits per heavy atom. The van der Waals surface area contributed by atoms with Crippen molar-refractivity contribution in [3.8, 4) is 0 Å². The molecule has 0 N–H and O–H groups in total. The molecule has 10 heavy (non-hydrogen) atoms. The molecular formula is H21PSi9. The molecule has 0 heterocycles. The third-order valence-corrected chi connectivity index (χ3v) is 131. The molecule has 0 aliphatic heterocycles. The Kier molecular flexibility index (Phi) is 11.7.